The van der Waals surface area contributed by atoms with E-state index in [1.807, 2.05) is 0 Å². The van der Waals surface area contributed by atoms with Crippen molar-refractivity contribution >= 4 is 0 Å². The Bertz CT molecular complexity index is 563. The van der Waals surface area contributed by atoms with Crippen LogP contribution in [0.5, 0.6) is 5.75 Å². The van der Waals surface area contributed by atoms with Crippen molar-refractivity contribution < 1.29 is 23.0 Å². The zero-order valence-electron chi connectivity index (χ0n) is 15.0. The predicted octanol–water partition coefficient (Wildman–Crippen LogP) is 3.26. The van der Waals surface area contributed by atoms with Crippen LogP contribution < -0.4 is 4.74 Å². The molecule has 1 aromatic rings. The molecule has 0 saturated carbocycles. The second-order valence-corrected chi connectivity index (χ2v) is 7.61. The summed E-state index contributed by atoms with van der Waals surface area (Å²) in [5.41, 5.74) is 0.959. The van der Waals surface area contributed by atoms with E-state index in [-0.39, 0.29) is 17.8 Å². The van der Waals surface area contributed by atoms with Crippen molar-refractivity contribution in [3.8, 4) is 5.75 Å². The fourth-order valence-electron chi connectivity index (χ4n) is 4.02. The molecule has 2 aliphatic rings. The fourth-order valence-corrected chi connectivity index (χ4v) is 4.02. The first-order valence-corrected chi connectivity index (χ1v) is 9.28. The van der Waals surface area contributed by atoms with E-state index in [4.69, 9.17) is 0 Å². The van der Waals surface area contributed by atoms with Crippen LogP contribution in [0.1, 0.15) is 31.2 Å². The standard InChI is InChI=1S/C19H27F3N2O2/c20-19(21,22)26-17-5-3-16(4-6-17)13-23-11-7-18(15-25,8-12-23)14-24-9-1-2-10-24/h3-6,25H,1-2,7-15H2. The Morgan fingerprint density at radius 2 is 1.58 bits per heavy atom. The first kappa shape index (κ1) is 19.5. The largest absolute Gasteiger partial charge is 0.573 e. The minimum atomic E-state index is -4.66. The molecule has 0 aromatic heterocycles. The van der Waals surface area contributed by atoms with E-state index >= 15 is 0 Å². The van der Waals surface area contributed by atoms with Gasteiger partial charge in [0.25, 0.3) is 0 Å². The zero-order valence-corrected chi connectivity index (χ0v) is 15.0. The van der Waals surface area contributed by atoms with E-state index in [1.165, 1.54) is 25.0 Å². The molecule has 2 fully saturated rings. The normalized spacial score (nSPS) is 21.8. The van der Waals surface area contributed by atoms with E-state index in [0.29, 0.717) is 6.54 Å². The highest BCUT2D eigenvalue weighted by molar-refractivity contribution is 5.27. The molecule has 0 bridgehead atoms. The fraction of sp³-hybridized carbons (Fsp3) is 0.684. The quantitative estimate of drug-likeness (QED) is 0.832. The van der Waals surface area contributed by atoms with Gasteiger partial charge in [0.1, 0.15) is 5.75 Å². The smallest absolute Gasteiger partial charge is 0.406 e. The van der Waals surface area contributed by atoms with Gasteiger partial charge in [0, 0.05) is 18.5 Å². The van der Waals surface area contributed by atoms with Crippen LogP contribution in [0.25, 0.3) is 0 Å². The summed E-state index contributed by atoms with van der Waals surface area (Å²) < 4.78 is 40.5. The summed E-state index contributed by atoms with van der Waals surface area (Å²) in [6.45, 7) is 5.97. The first-order valence-electron chi connectivity index (χ1n) is 9.28. The molecule has 1 N–H and O–H groups in total. The molecule has 0 unspecified atom stereocenters. The van der Waals surface area contributed by atoms with Crippen LogP contribution in [0.2, 0.25) is 0 Å². The summed E-state index contributed by atoms with van der Waals surface area (Å²) >= 11 is 0. The monoisotopic (exact) mass is 372 g/mol. The lowest BCUT2D eigenvalue weighted by Gasteiger charge is -2.42. The van der Waals surface area contributed by atoms with Gasteiger partial charge in [-0.25, -0.2) is 0 Å². The van der Waals surface area contributed by atoms with Crippen LogP contribution in [0.4, 0.5) is 13.2 Å². The summed E-state index contributed by atoms with van der Waals surface area (Å²) in [5.74, 6) is -0.190. The molecule has 2 saturated heterocycles. The number of halogens is 3. The molecule has 3 rings (SSSR count). The SMILES string of the molecule is OCC1(CN2CCCC2)CCN(Cc2ccc(OC(F)(F)F)cc2)CC1. The first-order chi connectivity index (χ1) is 12.4. The number of likely N-dealkylation sites (tertiary alicyclic amines) is 2. The van der Waals surface area contributed by atoms with Gasteiger partial charge < -0.3 is 14.7 Å². The average molecular weight is 372 g/mol. The second-order valence-electron chi connectivity index (χ2n) is 7.61. The van der Waals surface area contributed by atoms with Crippen molar-refractivity contribution in [2.75, 3.05) is 39.3 Å². The van der Waals surface area contributed by atoms with Crippen molar-refractivity contribution in [3.63, 3.8) is 0 Å². The number of rotatable bonds is 6. The van der Waals surface area contributed by atoms with Crippen LogP contribution in [0.15, 0.2) is 24.3 Å². The summed E-state index contributed by atoms with van der Waals surface area (Å²) in [5, 5.41) is 9.95. The van der Waals surface area contributed by atoms with E-state index in [2.05, 4.69) is 14.5 Å². The van der Waals surface area contributed by atoms with Gasteiger partial charge in [0.2, 0.25) is 0 Å². The molecular weight excluding hydrogens is 345 g/mol. The maximum absolute atomic E-state index is 12.2. The number of benzene rings is 1. The third kappa shape index (κ3) is 5.34. The minimum Gasteiger partial charge on any atom is -0.406 e. The van der Waals surface area contributed by atoms with Gasteiger partial charge >= 0.3 is 6.36 Å². The molecule has 0 amide bonds. The van der Waals surface area contributed by atoms with Crippen LogP contribution in [0.3, 0.4) is 0 Å². The molecule has 2 aliphatic heterocycles. The van der Waals surface area contributed by atoms with E-state index < -0.39 is 6.36 Å². The van der Waals surface area contributed by atoms with Gasteiger partial charge in [0.15, 0.2) is 0 Å². The molecule has 2 heterocycles. The second kappa shape index (κ2) is 8.15. The molecule has 0 radical (unpaired) electrons. The highest BCUT2D eigenvalue weighted by atomic mass is 19.4. The summed E-state index contributed by atoms with van der Waals surface area (Å²) in [6.07, 6.45) is -0.245. The molecule has 7 heteroatoms. The maximum Gasteiger partial charge on any atom is 0.573 e. The maximum atomic E-state index is 12.2. The molecular formula is C19H27F3N2O2. The number of hydrogen-bond donors (Lipinski definition) is 1. The molecule has 4 nitrogen and oxygen atoms in total. The van der Waals surface area contributed by atoms with Crippen molar-refractivity contribution in [3.05, 3.63) is 29.8 Å². The Hall–Kier alpha value is -1.31. The van der Waals surface area contributed by atoms with Crippen molar-refractivity contribution in [2.24, 2.45) is 5.41 Å². The number of hydrogen-bond acceptors (Lipinski definition) is 4. The molecule has 1 aromatic carbocycles. The number of nitrogens with zero attached hydrogens (tertiary/aromatic N) is 2. The molecule has 0 aliphatic carbocycles. The highest BCUT2D eigenvalue weighted by Gasteiger charge is 2.36. The minimum absolute atomic E-state index is 0.00868. The van der Waals surface area contributed by atoms with Crippen molar-refractivity contribution in [1.82, 2.24) is 9.80 Å². The number of aliphatic hydroxyl groups excluding tert-OH is 1. The van der Waals surface area contributed by atoms with Crippen LogP contribution in [-0.2, 0) is 6.54 Å². The van der Waals surface area contributed by atoms with Gasteiger partial charge in [-0.15, -0.1) is 13.2 Å². The van der Waals surface area contributed by atoms with Gasteiger partial charge in [-0.2, -0.15) is 0 Å². The number of ether oxygens (including phenoxy) is 1. The highest BCUT2D eigenvalue weighted by Crippen LogP contribution is 2.33. The molecule has 26 heavy (non-hydrogen) atoms. The lowest BCUT2D eigenvalue weighted by molar-refractivity contribution is -0.274. The third-order valence-electron chi connectivity index (χ3n) is 5.57. The number of aliphatic hydroxyl groups is 1. The van der Waals surface area contributed by atoms with E-state index in [0.717, 1.165) is 51.1 Å². The third-order valence-corrected chi connectivity index (χ3v) is 5.57. The molecule has 0 atom stereocenters. The number of piperidine rings is 1. The van der Waals surface area contributed by atoms with E-state index in [9.17, 15) is 18.3 Å². The average Bonchev–Trinajstić information content (AvgIpc) is 3.10. The summed E-state index contributed by atoms with van der Waals surface area (Å²) in [6, 6.07) is 6.08. The van der Waals surface area contributed by atoms with Crippen LogP contribution in [-0.4, -0.2) is 60.6 Å². The predicted molar refractivity (Wildman–Crippen MR) is 92.8 cm³/mol. The molecule has 0 spiro atoms. The Balaban J connectivity index is 1.50. The van der Waals surface area contributed by atoms with Crippen molar-refractivity contribution in [2.45, 2.75) is 38.6 Å². The van der Waals surface area contributed by atoms with Crippen LogP contribution >= 0.6 is 0 Å². The summed E-state index contributed by atoms with van der Waals surface area (Å²) in [4.78, 5) is 4.77. The topological polar surface area (TPSA) is 35.9 Å². The summed E-state index contributed by atoms with van der Waals surface area (Å²) in [7, 11) is 0. The Labute approximate surface area is 152 Å². The lowest BCUT2D eigenvalue weighted by atomic mass is 9.78. The Morgan fingerprint density at radius 1 is 0.962 bits per heavy atom. The Kier molecular flexibility index (Phi) is 6.10. The van der Waals surface area contributed by atoms with Gasteiger partial charge in [-0.1, -0.05) is 12.1 Å². The molecule has 146 valence electrons. The lowest BCUT2D eigenvalue weighted by Crippen LogP contribution is -2.47. The van der Waals surface area contributed by atoms with Gasteiger partial charge in [0.05, 0.1) is 6.61 Å². The van der Waals surface area contributed by atoms with Gasteiger partial charge in [-0.05, 0) is 69.6 Å². The van der Waals surface area contributed by atoms with Gasteiger partial charge in [-0.3, -0.25) is 4.90 Å². The Morgan fingerprint density at radius 3 is 2.12 bits per heavy atom. The zero-order chi connectivity index (χ0) is 18.6. The van der Waals surface area contributed by atoms with Crippen LogP contribution in [0, 0.1) is 5.41 Å². The number of alkyl halides is 3. The van der Waals surface area contributed by atoms with Crippen molar-refractivity contribution in [1.29, 1.82) is 0 Å². The van der Waals surface area contributed by atoms with E-state index in [1.54, 1.807) is 12.1 Å².